The van der Waals surface area contributed by atoms with Crippen molar-refractivity contribution in [3.8, 4) is 0 Å². The maximum atomic E-state index is 5.88. The summed E-state index contributed by atoms with van der Waals surface area (Å²) >= 11 is 0. The summed E-state index contributed by atoms with van der Waals surface area (Å²) in [5.74, 6) is 1.44. The minimum absolute atomic E-state index is 0. The van der Waals surface area contributed by atoms with E-state index in [4.69, 9.17) is 5.73 Å². The average Bonchev–Trinajstić information content (AvgIpc) is 2.38. The minimum atomic E-state index is 0. The highest BCUT2D eigenvalue weighted by atomic mass is 127. The first-order valence-electron chi connectivity index (χ1n) is 8.53. The second-order valence-electron chi connectivity index (χ2n) is 6.54. The largest absolute Gasteiger partial charge is 0.370 e. The van der Waals surface area contributed by atoms with E-state index in [0.717, 1.165) is 25.0 Å². The number of hydrogen-bond acceptors (Lipinski definition) is 2. The van der Waals surface area contributed by atoms with Crippen LogP contribution >= 0.6 is 24.0 Å². The first-order chi connectivity index (χ1) is 9.75. The molecule has 1 saturated heterocycles. The zero-order chi connectivity index (χ0) is 14.2. The van der Waals surface area contributed by atoms with Crippen molar-refractivity contribution < 1.29 is 0 Å². The van der Waals surface area contributed by atoms with Crippen LogP contribution in [0.4, 0.5) is 0 Å². The normalized spacial score (nSPS) is 24.2. The zero-order valence-corrected chi connectivity index (χ0v) is 15.9. The van der Waals surface area contributed by atoms with Gasteiger partial charge in [0.25, 0.3) is 0 Å². The quantitative estimate of drug-likeness (QED) is 0.295. The van der Waals surface area contributed by atoms with E-state index in [2.05, 4.69) is 22.1 Å². The van der Waals surface area contributed by atoms with E-state index in [-0.39, 0.29) is 24.0 Å². The summed E-state index contributed by atoms with van der Waals surface area (Å²) in [5.41, 5.74) is 5.88. The number of halogens is 1. The lowest BCUT2D eigenvalue weighted by atomic mass is 9.86. The smallest absolute Gasteiger partial charge is 0.188 e. The lowest BCUT2D eigenvalue weighted by molar-refractivity contribution is 0.158. The van der Waals surface area contributed by atoms with Gasteiger partial charge in [-0.1, -0.05) is 12.8 Å². The summed E-state index contributed by atoms with van der Waals surface area (Å²) in [4.78, 5) is 7.06. The van der Waals surface area contributed by atoms with Crippen LogP contribution in [0.5, 0.6) is 0 Å². The lowest BCUT2D eigenvalue weighted by Gasteiger charge is -2.33. The molecule has 0 bridgehead atoms. The summed E-state index contributed by atoms with van der Waals surface area (Å²) in [7, 11) is 0. The van der Waals surface area contributed by atoms with Gasteiger partial charge in [0.2, 0.25) is 0 Å². The number of aliphatic imine (C=N–C) groups is 1. The molecule has 21 heavy (non-hydrogen) atoms. The third kappa shape index (κ3) is 7.17. The van der Waals surface area contributed by atoms with Gasteiger partial charge in [0.1, 0.15) is 0 Å². The highest BCUT2D eigenvalue weighted by Crippen LogP contribution is 2.26. The zero-order valence-electron chi connectivity index (χ0n) is 13.5. The molecule has 1 atom stereocenters. The monoisotopic (exact) mass is 408 g/mol. The Kier molecular flexibility index (Phi) is 9.64. The topological polar surface area (TPSA) is 53.6 Å². The van der Waals surface area contributed by atoms with Crippen LogP contribution in [-0.2, 0) is 0 Å². The third-order valence-electron chi connectivity index (χ3n) is 4.86. The van der Waals surface area contributed by atoms with Crippen molar-refractivity contribution in [1.29, 1.82) is 0 Å². The molecule has 5 heteroatoms. The number of hydrogen-bond donors (Lipinski definition) is 2. The first-order valence-corrected chi connectivity index (χ1v) is 8.53. The van der Waals surface area contributed by atoms with E-state index < -0.39 is 0 Å². The molecule has 0 aromatic heterocycles. The Bertz CT molecular complexity index is 305. The van der Waals surface area contributed by atoms with Crippen LogP contribution in [0, 0.1) is 5.92 Å². The van der Waals surface area contributed by atoms with Gasteiger partial charge < -0.3 is 16.0 Å². The molecule has 4 nitrogen and oxygen atoms in total. The maximum absolute atomic E-state index is 5.88. The summed E-state index contributed by atoms with van der Waals surface area (Å²) < 4.78 is 0. The molecule has 1 heterocycles. The van der Waals surface area contributed by atoms with Gasteiger partial charge >= 0.3 is 0 Å². The third-order valence-corrected chi connectivity index (χ3v) is 4.86. The second-order valence-corrected chi connectivity index (χ2v) is 6.54. The van der Waals surface area contributed by atoms with Crippen LogP contribution in [0.1, 0.15) is 58.3 Å². The highest BCUT2D eigenvalue weighted by Gasteiger charge is 2.17. The molecular formula is C16H33IN4. The number of unbranched alkanes of at least 4 members (excludes halogenated alkanes) is 1. The van der Waals surface area contributed by atoms with E-state index >= 15 is 0 Å². The van der Waals surface area contributed by atoms with E-state index in [0.29, 0.717) is 5.96 Å². The van der Waals surface area contributed by atoms with E-state index in [1.165, 1.54) is 64.5 Å². The number of nitrogens with one attached hydrogen (secondary N) is 1. The molecule has 0 amide bonds. The Balaban J connectivity index is 0.00000220. The summed E-state index contributed by atoms with van der Waals surface area (Å²) in [6, 6.07) is 0.783. The number of nitrogens with zero attached hydrogens (tertiary/aromatic N) is 2. The number of nitrogens with two attached hydrogens (primary N) is 1. The minimum Gasteiger partial charge on any atom is -0.370 e. The van der Waals surface area contributed by atoms with Crippen LogP contribution in [0.15, 0.2) is 4.99 Å². The molecule has 1 aliphatic heterocycles. The molecule has 0 aromatic carbocycles. The van der Waals surface area contributed by atoms with Gasteiger partial charge in [0, 0.05) is 19.1 Å². The molecule has 1 saturated carbocycles. The number of piperidine rings is 1. The maximum Gasteiger partial charge on any atom is 0.188 e. The molecule has 124 valence electrons. The molecule has 1 aliphatic carbocycles. The van der Waals surface area contributed by atoms with Gasteiger partial charge in [0.15, 0.2) is 5.96 Å². The Morgan fingerprint density at radius 3 is 2.67 bits per heavy atom. The average molecular weight is 408 g/mol. The van der Waals surface area contributed by atoms with Gasteiger partial charge in [-0.3, -0.25) is 4.99 Å². The summed E-state index contributed by atoms with van der Waals surface area (Å²) in [6.45, 7) is 6.77. The molecule has 2 fully saturated rings. The molecule has 0 spiro atoms. The molecular weight excluding hydrogens is 375 g/mol. The molecule has 2 rings (SSSR count). The molecule has 0 aromatic rings. The Morgan fingerprint density at radius 2 is 2.00 bits per heavy atom. The van der Waals surface area contributed by atoms with E-state index in [1.54, 1.807) is 0 Å². The van der Waals surface area contributed by atoms with Gasteiger partial charge in [-0.25, -0.2) is 0 Å². The SMILES string of the molecule is CC1CCCCN1CCCCNC(N)=NCC1CCC1.I. The number of guanidine groups is 1. The lowest BCUT2D eigenvalue weighted by Crippen LogP contribution is -2.38. The molecule has 0 radical (unpaired) electrons. The van der Waals surface area contributed by atoms with E-state index in [9.17, 15) is 0 Å². The van der Waals surface area contributed by atoms with Crippen molar-refractivity contribution >= 4 is 29.9 Å². The van der Waals surface area contributed by atoms with Gasteiger partial charge in [-0.2, -0.15) is 0 Å². The van der Waals surface area contributed by atoms with Gasteiger partial charge in [-0.15, -0.1) is 24.0 Å². The fourth-order valence-electron chi connectivity index (χ4n) is 3.10. The Labute approximate surface area is 147 Å². The summed E-state index contributed by atoms with van der Waals surface area (Å²) in [5, 5.41) is 3.24. The summed E-state index contributed by atoms with van der Waals surface area (Å²) in [6.07, 6.45) is 10.7. The fraction of sp³-hybridized carbons (Fsp3) is 0.938. The highest BCUT2D eigenvalue weighted by molar-refractivity contribution is 14.0. The second kappa shape index (κ2) is 10.6. The molecule has 1 unspecified atom stereocenters. The van der Waals surface area contributed by atoms with Crippen LogP contribution in [0.25, 0.3) is 0 Å². The van der Waals surface area contributed by atoms with Crippen molar-refractivity contribution in [3.63, 3.8) is 0 Å². The Morgan fingerprint density at radius 1 is 1.19 bits per heavy atom. The first kappa shape index (κ1) is 19.0. The van der Waals surface area contributed by atoms with Crippen molar-refractivity contribution in [1.82, 2.24) is 10.2 Å². The van der Waals surface area contributed by atoms with Crippen molar-refractivity contribution in [3.05, 3.63) is 0 Å². The van der Waals surface area contributed by atoms with Crippen LogP contribution in [-0.4, -0.2) is 43.1 Å². The fourth-order valence-corrected chi connectivity index (χ4v) is 3.10. The standard InChI is InChI=1S/C16H32N4.HI/c1-14-7-2-4-11-20(14)12-5-3-10-18-16(17)19-13-15-8-6-9-15;/h14-15H,2-13H2,1H3,(H3,17,18,19);1H. The molecule has 2 aliphatic rings. The van der Waals surface area contributed by atoms with E-state index in [1.807, 2.05) is 0 Å². The van der Waals surface area contributed by atoms with Crippen molar-refractivity contribution in [2.24, 2.45) is 16.6 Å². The predicted molar refractivity (Wildman–Crippen MR) is 101 cm³/mol. The molecule has 3 N–H and O–H groups in total. The number of likely N-dealkylation sites (tertiary alicyclic amines) is 1. The number of rotatable bonds is 7. The van der Waals surface area contributed by atoms with Crippen molar-refractivity contribution in [2.75, 3.05) is 26.2 Å². The van der Waals surface area contributed by atoms with Crippen LogP contribution in [0.3, 0.4) is 0 Å². The van der Waals surface area contributed by atoms with Gasteiger partial charge in [-0.05, 0) is 64.5 Å². The predicted octanol–water partition coefficient (Wildman–Crippen LogP) is 2.96. The van der Waals surface area contributed by atoms with Crippen LogP contribution in [0.2, 0.25) is 0 Å². The van der Waals surface area contributed by atoms with Gasteiger partial charge in [0.05, 0.1) is 0 Å². The van der Waals surface area contributed by atoms with Crippen molar-refractivity contribution in [2.45, 2.75) is 64.3 Å². The Hall–Kier alpha value is -0.0400. The van der Waals surface area contributed by atoms with Crippen LogP contribution < -0.4 is 11.1 Å².